The van der Waals surface area contributed by atoms with E-state index < -0.39 is 83.6 Å². The summed E-state index contributed by atoms with van der Waals surface area (Å²) >= 11 is 0. The molecule has 1 heterocycles. The maximum Gasteiger partial charge on any atom is 0.247 e. The number of hydrogen-bond acceptors (Lipinski definition) is 10. The summed E-state index contributed by atoms with van der Waals surface area (Å²) in [5.74, 6) is -5.71. The molecule has 0 aromatic heterocycles. The van der Waals surface area contributed by atoms with Gasteiger partial charge in [-0.3, -0.25) is 33.6 Å². The summed E-state index contributed by atoms with van der Waals surface area (Å²) in [4.78, 5) is 97.6. The van der Waals surface area contributed by atoms with Crippen molar-refractivity contribution in [3.63, 3.8) is 0 Å². The van der Waals surface area contributed by atoms with Crippen LogP contribution in [-0.2, 0) is 33.6 Å². The smallest absolute Gasteiger partial charge is 0.247 e. The second-order valence-electron chi connectivity index (χ2n) is 16.2. The molecule has 17 heteroatoms. The molecule has 1 aromatic rings. The van der Waals surface area contributed by atoms with E-state index in [4.69, 9.17) is 5.73 Å². The Morgan fingerprint density at radius 2 is 1.05 bits per heavy atom. The molecular weight excluding hydrogens is 805 g/mol. The first-order valence-corrected chi connectivity index (χ1v) is 23.7. The van der Waals surface area contributed by atoms with Gasteiger partial charge in [0.15, 0.2) is 0 Å². The molecule has 1 aliphatic heterocycles. The fourth-order valence-electron chi connectivity index (χ4n) is 6.11. The SMILES string of the molecule is CC[C@H](C)C1NC(=O)[C@H]([C@@H](C)CC)NC(=O)[C@@H](NC(=O)[C@@H](N)C(C)C)CSSCC(C(=O)N/C=C\c2ccccc2)NC(=O)[C@H]([C@@H](C)CC)NC(=O)[C@H]([C@@H](C)CC)NC1=O. The number of carbonyl (C=O) groups is 7. The van der Waals surface area contributed by atoms with Crippen LogP contribution in [0.5, 0.6) is 0 Å². The van der Waals surface area contributed by atoms with Crippen molar-refractivity contribution in [1.82, 2.24) is 37.2 Å². The highest BCUT2D eigenvalue weighted by molar-refractivity contribution is 8.76. The van der Waals surface area contributed by atoms with Gasteiger partial charge in [-0.15, -0.1) is 0 Å². The lowest BCUT2D eigenvalue weighted by Gasteiger charge is -2.33. The minimum absolute atomic E-state index is 0.0124. The highest BCUT2D eigenvalue weighted by atomic mass is 33.1. The Hall–Kier alpha value is -4.09. The van der Waals surface area contributed by atoms with Gasteiger partial charge in [0.25, 0.3) is 0 Å². The van der Waals surface area contributed by atoms with Crippen LogP contribution in [0.15, 0.2) is 36.5 Å². The number of benzene rings is 1. The molecule has 60 heavy (non-hydrogen) atoms. The van der Waals surface area contributed by atoms with Crippen molar-refractivity contribution in [3.8, 4) is 0 Å². The van der Waals surface area contributed by atoms with Crippen molar-refractivity contribution in [3.05, 3.63) is 42.1 Å². The summed E-state index contributed by atoms with van der Waals surface area (Å²) in [6.45, 7) is 18.3. The average molecular weight is 875 g/mol. The van der Waals surface area contributed by atoms with Gasteiger partial charge in [0.1, 0.15) is 36.3 Å². The maximum absolute atomic E-state index is 14.2. The Morgan fingerprint density at radius 1 is 0.650 bits per heavy atom. The largest absolute Gasteiger partial charge is 0.342 e. The number of amides is 7. The molecule has 1 aliphatic rings. The molecular formula is C43H70N8O7S2. The number of rotatable bonds is 14. The van der Waals surface area contributed by atoms with Crippen LogP contribution in [0.1, 0.15) is 100 Å². The number of nitrogens with one attached hydrogen (secondary N) is 7. The molecule has 1 fully saturated rings. The van der Waals surface area contributed by atoms with Crippen LogP contribution < -0.4 is 43.0 Å². The first-order chi connectivity index (χ1) is 28.4. The third kappa shape index (κ3) is 16.1. The first-order valence-electron chi connectivity index (χ1n) is 21.2. The van der Waals surface area contributed by atoms with Gasteiger partial charge in [0.2, 0.25) is 41.4 Å². The Kier molecular flexibility index (Phi) is 22.8. The lowest BCUT2D eigenvalue weighted by atomic mass is 9.92. The molecule has 0 bridgehead atoms. The summed E-state index contributed by atoms with van der Waals surface area (Å²) in [6, 6.07) is 1.88. The summed E-state index contributed by atoms with van der Waals surface area (Å²) < 4.78 is 0. The quantitative estimate of drug-likeness (QED) is 0.127. The van der Waals surface area contributed by atoms with E-state index >= 15 is 0 Å². The summed E-state index contributed by atoms with van der Waals surface area (Å²) in [5, 5.41) is 19.8. The molecule has 7 amide bonds. The second kappa shape index (κ2) is 26.3. The van der Waals surface area contributed by atoms with E-state index in [9.17, 15) is 33.6 Å². The van der Waals surface area contributed by atoms with Crippen molar-refractivity contribution >= 4 is 69.0 Å². The van der Waals surface area contributed by atoms with Crippen LogP contribution in [0.2, 0.25) is 0 Å². The number of carbonyl (C=O) groups excluding carboxylic acids is 7. The Labute approximate surface area is 364 Å². The molecule has 0 radical (unpaired) electrons. The minimum atomic E-state index is -1.14. The Bertz CT molecular complexity index is 1620. The summed E-state index contributed by atoms with van der Waals surface area (Å²) in [7, 11) is 2.39. The standard InChI is InChI=1S/C43H70N8O7S2/c1-11-25(7)33-40(55)47-30(37(52)45-21-20-29-18-16-15-17-19-29)22-59-60-23-31(46-39(54)32(44)24(5)6)38(53)48-34(26(8)12-2)41(56)50-36(28(10)14-4)43(58)51-35(27(9)13-3)42(57)49-33/h15-21,24-28,30-36H,11-14,22-23,44H2,1-10H3,(H,45,52)(H,46,54)(H,47,55)(H,48,53)(H,49,57)(H,50,56)(H,51,58)/b21-20-/t25-,26-,27-,28-,30?,31-,32-,33-,34-,35-,36?/m0/s1. The van der Waals surface area contributed by atoms with E-state index in [0.29, 0.717) is 25.7 Å². The van der Waals surface area contributed by atoms with E-state index in [1.165, 1.54) is 27.8 Å². The van der Waals surface area contributed by atoms with Crippen molar-refractivity contribution in [1.29, 1.82) is 0 Å². The lowest BCUT2D eigenvalue weighted by Crippen LogP contribution is -2.63. The number of hydrogen-bond donors (Lipinski definition) is 8. The first kappa shape index (κ1) is 52.0. The van der Waals surface area contributed by atoms with Crippen LogP contribution in [0.4, 0.5) is 0 Å². The Morgan fingerprint density at radius 3 is 1.47 bits per heavy atom. The maximum atomic E-state index is 14.2. The zero-order valence-corrected chi connectivity index (χ0v) is 38.6. The highest BCUT2D eigenvalue weighted by Gasteiger charge is 2.38. The zero-order valence-electron chi connectivity index (χ0n) is 37.0. The zero-order chi connectivity index (χ0) is 45.1. The molecule has 9 N–H and O–H groups in total. The van der Waals surface area contributed by atoms with Gasteiger partial charge in [-0.25, -0.2) is 0 Å². The van der Waals surface area contributed by atoms with Gasteiger partial charge < -0.3 is 43.0 Å². The fraction of sp³-hybridized carbons (Fsp3) is 0.651. The molecule has 1 saturated heterocycles. The van der Waals surface area contributed by atoms with Crippen LogP contribution >= 0.6 is 21.6 Å². The van der Waals surface area contributed by atoms with Crippen LogP contribution in [0.25, 0.3) is 6.08 Å². The number of nitrogens with two attached hydrogens (primary N) is 1. The van der Waals surface area contributed by atoms with Gasteiger partial charge in [-0.05, 0) is 41.2 Å². The molecule has 0 spiro atoms. The van der Waals surface area contributed by atoms with E-state index in [1.807, 2.05) is 78.8 Å². The van der Waals surface area contributed by atoms with Gasteiger partial charge in [-0.1, -0.05) is 147 Å². The lowest BCUT2D eigenvalue weighted by molar-refractivity contribution is -0.137. The predicted molar refractivity (Wildman–Crippen MR) is 241 cm³/mol. The van der Waals surface area contributed by atoms with E-state index in [1.54, 1.807) is 26.8 Å². The normalized spacial score (nSPS) is 25.6. The second-order valence-corrected chi connectivity index (χ2v) is 18.8. The van der Waals surface area contributed by atoms with Gasteiger partial charge in [0.05, 0.1) is 6.04 Å². The minimum Gasteiger partial charge on any atom is -0.342 e. The molecule has 2 unspecified atom stereocenters. The molecule has 336 valence electrons. The molecule has 2 rings (SSSR count). The van der Waals surface area contributed by atoms with Gasteiger partial charge >= 0.3 is 0 Å². The van der Waals surface area contributed by atoms with Gasteiger partial charge in [-0.2, -0.15) is 0 Å². The molecule has 0 saturated carbocycles. The molecule has 0 aliphatic carbocycles. The van der Waals surface area contributed by atoms with Crippen molar-refractivity contribution in [2.24, 2.45) is 35.3 Å². The Balaban J connectivity index is 2.68. The monoisotopic (exact) mass is 874 g/mol. The molecule has 1 aromatic carbocycles. The summed E-state index contributed by atoms with van der Waals surface area (Å²) in [5.41, 5.74) is 7.01. The third-order valence-electron chi connectivity index (χ3n) is 11.3. The van der Waals surface area contributed by atoms with E-state index in [2.05, 4.69) is 37.2 Å². The van der Waals surface area contributed by atoms with Crippen LogP contribution in [-0.4, -0.2) is 95.1 Å². The summed E-state index contributed by atoms with van der Waals surface area (Å²) in [6.07, 6.45) is 5.22. The van der Waals surface area contributed by atoms with E-state index in [-0.39, 0.29) is 41.1 Å². The predicted octanol–water partition coefficient (Wildman–Crippen LogP) is 3.25. The molecule has 11 atom stereocenters. The van der Waals surface area contributed by atoms with E-state index in [0.717, 1.165) is 5.56 Å². The average Bonchev–Trinajstić information content (AvgIpc) is 3.24. The molecule has 15 nitrogen and oxygen atoms in total. The van der Waals surface area contributed by atoms with Crippen molar-refractivity contribution in [2.45, 2.75) is 137 Å². The highest BCUT2D eigenvalue weighted by Crippen LogP contribution is 2.24. The van der Waals surface area contributed by atoms with Crippen LogP contribution in [0.3, 0.4) is 0 Å². The third-order valence-corrected chi connectivity index (χ3v) is 13.7. The van der Waals surface area contributed by atoms with Crippen LogP contribution in [0, 0.1) is 29.6 Å². The fourth-order valence-corrected chi connectivity index (χ4v) is 8.43. The topological polar surface area (TPSA) is 230 Å². The van der Waals surface area contributed by atoms with Crippen molar-refractivity contribution < 1.29 is 33.6 Å². The van der Waals surface area contributed by atoms with Crippen molar-refractivity contribution in [2.75, 3.05) is 11.5 Å². The van der Waals surface area contributed by atoms with Gasteiger partial charge in [0, 0.05) is 17.7 Å².